The third-order valence-electron chi connectivity index (χ3n) is 2.50. The van der Waals surface area contributed by atoms with Crippen molar-refractivity contribution in [1.82, 2.24) is 4.90 Å². The average Bonchev–Trinajstić information content (AvgIpc) is 2.40. The van der Waals surface area contributed by atoms with Crippen LogP contribution in [-0.4, -0.2) is 34.0 Å². The summed E-state index contributed by atoms with van der Waals surface area (Å²) in [6, 6.07) is 6.09. The maximum atomic E-state index is 13.3. The number of amides is 1. The Morgan fingerprint density at radius 1 is 1.37 bits per heavy atom. The molecular weight excluding hydrogens is 283 g/mol. The largest absolute Gasteiger partial charge is 0.358 e. The smallest absolute Gasteiger partial charge is 0.234 e. The van der Waals surface area contributed by atoms with Gasteiger partial charge in [-0.15, -0.1) is 0 Å². The lowest BCUT2D eigenvalue weighted by Crippen LogP contribution is -2.28. The molecule has 0 spiro atoms. The number of nitrogens with zero attached hydrogens (tertiary/aromatic N) is 1. The molecule has 1 aromatic carbocycles. The van der Waals surface area contributed by atoms with Gasteiger partial charge in [0.05, 0.1) is 11.4 Å². The Balaban J connectivity index is 2.44. The molecule has 1 aromatic rings. The number of benzene rings is 1. The molecule has 0 atom stereocenters. The van der Waals surface area contributed by atoms with E-state index in [4.69, 9.17) is 12.2 Å². The van der Waals surface area contributed by atoms with E-state index in [1.54, 1.807) is 12.1 Å². The van der Waals surface area contributed by atoms with Crippen LogP contribution in [0.5, 0.6) is 0 Å². The van der Waals surface area contributed by atoms with Gasteiger partial charge in [-0.2, -0.15) is 0 Å². The Morgan fingerprint density at radius 2 is 2.00 bits per heavy atom. The molecule has 6 heteroatoms. The second-order valence-corrected chi connectivity index (χ2v) is 5.36. The molecule has 1 rings (SSSR count). The van der Waals surface area contributed by atoms with Gasteiger partial charge in [-0.05, 0) is 26.0 Å². The van der Waals surface area contributed by atoms with E-state index in [-0.39, 0.29) is 17.3 Å². The number of anilines is 1. The minimum atomic E-state index is -0.438. The monoisotopic (exact) mass is 300 g/mol. The van der Waals surface area contributed by atoms with Crippen molar-refractivity contribution in [2.45, 2.75) is 13.8 Å². The van der Waals surface area contributed by atoms with Crippen molar-refractivity contribution >= 4 is 39.9 Å². The van der Waals surface area contributed by atoms with Crippen LogP contribution in [0.4, 0.5) is 10.1 Å². The first-order chi connectivity index (χ1) is 9.08. The highest BCUT2D eigenvalue weighted by atomic mass is 32.2. The first-order valence-corrected chi connectivity index (χ1v) is 7.44. The van der Waals surface area contributed by atoms with E-state index in [0.717, 1.165) is 13.1 Å². The van der Waals surface area contributed by atoms with Gasteiger partial charge in [0.25, 0.3) is 0 Å². The van der Waals surface area contributed by atoms with Crippen LogP contribution in [0.25, 0.3) is 0 Å². The Morgan fingerprint density at radius 3 is 2.58 bits per heavy atom. The van der Waals surface area contributed by atoms with Crippen LogP contribution in [0.2, 0.25) is 0 Å². The molecule has 0 aliphatic rings. The summed E-state index contributed by atoms with van der Waals surface area (Å²) in [4.78, 5) is 13.7. The zero-order valence-electron chi connectivity index (χ0n) is 11.0. The molecule has 0 fully saturated rings. The molecule has 0 bridgehead atoms. The highest BCUT2D eigenvalue weighted by Crippen LogP contribution is 2.14. The molecule has 1 N–H and O–H groups in total. The summed E-state index contributed by atoms with van der Waals surface area (Å²) in [5.41, 5.74) is 0.196. The molecule has 3 nitrogen and oxygen atoms in total. The van der Waals surface area contributed by atoms with Crippen molar-refractivity contribution < 1.29 is 9.18 Å². The van der Waals surface area contributed by atoms with Gasteiger partial charge in [-0.3, -0.25) is 4.79 Å². The van der Waals surface area contributed by atoms with Gasteiger partial charge in [-0.25, -0.2) is 4.39 Å². The van der Waals surface area contributed by atoms with E-state index < -0.39 is 5.82 Å². The molecule has 0 aliphatic carbocycles. The fourth-order valence-corrected chi connectivity index (χ4v) is 2.65. The Labute approximate surface area is 122 Å². The van der Waals surface area contributed by atoms with Crippen LogP contribution in [-0.2, 0) is 4.79 Å². The summed E-state index contributed by atoms with van der Waals surface area (Å²) in [6.07, 6.45) is 0. The standard InChI is InChI=1S/C13H17FN2OS2/c1-3-16(4-2)13(18)19-9-12(17)15-11-8-6-5-7-10(11)14/h5-8H,3-4,9H2,1-2H3,(H,15,17). The predicted octanol–water partition coefficient (Wildman–Crippen LogP) is 3.12. The van der Waals surface area contributed by atoms with E-state index in [2.05, 4.69) is 5.32 Å². The number of thioether (sulfide) groups is 1. The van der Waals surface area contributed by atoms with Gasteiger partial charge >= 0.3 is 0 Å². The first-order valence-electron chi connectivity index (χ1n) is 6.04. The van der Waals surface area contributed by atoms with E-state index in [1.165, 1.54) is 23.9 Å². The van der Waals surface area contributed by atoms with Gasteiger partial charge in [-0.1, -0.05) is 36.1 Å². The molecule has 0 aliphatic heterocycles. The predicted molar refractivity (Wildman–Crippen MR) is 83.0 cm³/mol. The van der Waals surface area contributed by atoms with Crippen LogP contribution < -0.4 is 5.32 Å². The summed E-state index contributed by atoms with van der Waals surface area (Å²) in [5, 5.41) is 2.53. The number of thiocarbonyl (C=S) groups is 1. The van der Waals surface area contributed by atoms with Crippen LogP contribution in [0.1, 0.15) is 13.8 Å². The second kappa shape index (κ2) is 8.12. The molecule has 0 unspecified atom stereocenters. The van der Waals surface area contributed by atoms with Crippen molar-refractivity contribution in [2.75, 3.05) is 24.2 Å². The molecular formula is C13H17FN2OS2. The van der Waals surface area contributed by atoms with Gasteiger partial charge in [0.2, 0.25) is 5.91 Å². The van der Waals surface area contributed by atoms with E-state index in [9.17, 15) is 9.18 Å². The number of carbonyl (C=O) groups excluding carboxylic acids is 1. The number of rotatable bonds is 5. The molecule has 0 heterocycles. The van der Waals surface area contributed by atoms with E-state index in [1.807, 2.05) is 18.7 Å². The Bertz CT molecular complexity index is 450. The molecule has 0 saturated heterocycles. The lowest BCUT2D eigenvalue weighted by atomic mass is 10.3. The summed E-state index contributed by atoms with van der Waals surface area (Å²) < 4.78 is 14.0. The summed E-state index contributed by atoms with van der Waals surface area (Å²) in [7, 11) is 0. The molecule has 0 aromatic heterocycles. The van der Waals surface area contributed by atoms with Gasteiger partial charge in [0, 0.05) is 13.1 Å². The van der Waals surface area contributed by atoms with Crippen molar-refractivity contribution in [3.63, 3.8) is 0 Å². The number of para-hydroxylation sites is 1. The Hall–Kier alpha value is -1.14. The second-order valence-electron chi connectivity index (χ2n) is 3.75. The van der Waals surface area contributed by atoms with Gasteiger partial charge < -0.3 is 10.2 Å². The maximum absolute atomic E-state index is 13.3. The molecule has 19 heavy (non-hydrogen) atoms. The zero-order chi connectivity index (χ0) is 14.3. The minimum Gasteiger partial charge on any atom is -0.358 e. The molecule has 104 valence electrons. The van der Waals surface area contributed by atoms with E-state index >= 15 is 0 Å². The number of nitrogens with one attached hydrogen (secondary N) is 1. The number of carbonyl (C=O) groups is 1. The topological polar surface area (TPSA) is 32.3 Å². The van der Waals surface area contributed by atoms with Gasteiger partial charge in [0.15, 0.2) is 0 Å². The minimum absolute atomic E-state index is 0.184. The molecule has 0 radical (unpaired) electrons. The van der Waals surface area contributed by atoms with Crippen molar-refractivity contribution in [3.05, 3.63) is 30.1 Å². The number of halogens is 1. The number of hydrogen-bond acceptors (Lipinski definition) is 3. The third-order valence-corrected chi connectivity index (χ3v) is 4.02. The average molecular weight is 300 g/mol. The van der Waals surface area contributed by atoms with Crippen LogP contribution in [0.15, 0.2) is 24.3 Å². The summed E-state index contributed by atoms with van der Waals surface area (Å²) in [6.45, 7) is 5.65. The van der Waals surface area contributed by atoms with Crippen molar-refractivity contribution in [3.8, 4) is 0 Å². The lowest BCUT2D eigenvalue weighted by molar-refractivity contribution is -0.113. The maximum Gasteiger partial charge on any atom is 0.234 e. The van der Waals surface area contributed by atoms with Crippen LogP contribution >= 0.6 is 24.0 Å². The summed E-state index contributed by atoms with van der Waals surface area (Å²) >= 11 is 6.51. The highest BCUT2D eigenvalue weighted by Gasteiger charge is 2.10. The fourth-order valence-electron chi connectivity index (χ4n) is 1.45. The van der Waals surface area contributed by atoms with Crippen LogP contribution in [0.3, 0.4) is 0 Å². The quantitative estimate of drug-likeness (QED) is 0.847. The first kappa shape index (κ1) is 15.9. The van der Waals surface area contributed by atoms with Crippen molar-refractivity contribution in [1.29, 1.82) is 0 Å². The molecule has 1 amide bonds. The normalized spacial score (nSPS) is 10.1. The van der Waals surface area contributed by atoms with Crippen molar-refractivity contribution in [2.24, 2.45) is 0 Å². The van der Waals surface area contributed by atoms with E-state index in [0.29, 0.717) is 4.32 Å². The number of hydrogen-bond donors (Lipinski definition) is 1. The fraction of sp³-hybridized carbons (Fsp3) is 0.385. The summed E-state index contributed by atoms with van der Waals surface area (Å²) in [5.74, 6) is -0.513. The highest BCUT2D eigenvalue weighted by molar-refractivity contribution is 8.23. The third kappa shape index (κ3) is 5.16. The zero-order valence-corrected chi connectivity index (χ0v) is 12.6. The Kier molecular flexibility index (Phi) is 6.80. The SMILES string of the molecule is CCN(CC)C(=S)SCC(=O)Nc1ccccc1F. The molecule has 0 saturated carbocycles. The van der Waals surface area contributed by atoms with Gasteiger partial charge in [0.1, 0.15) is 10.1 Å². The lowest BCUT2D eigenvalue weighted by Gasteiger charge is -2.20. The van der Waals surface area contributed by atoms with Crippen LogP contribution in [0, 0.1) is 5.82 Å².